The zero-order valence-electron chi connectivity index (χ0n) is 16.5. The fourth-order valence-electron chi connectivity index (χ4n) is 3.59. The van der Waals surface area contributed by atoms with Crippen LogP contribution in [0.3, 0.4) is 0 Å². The van der Waals surface area contributed by atoms with Gasteiger partial charge in [-0.3, -0.25) is 4.79 Å². The highest BCUT2D eigenvalue weighted by atomic mass is 32.2. The molecular formula is C23H20N2O5S. The maximum absolute atomic E-state index is 13.2. The highest BCUT2D eigenvalue weighted by Crippen LogP contribution is 2.25. The Hall–Kier alpha value is -3.49. The molecule has 2 N–H and O–H groups in total. The molecule has 158 valence electrons. The summed E-state index contributed by atoms with van der Waals surface area (Å²) in [5.41, 5.74) is 2.32. The van der Waals surface area contributed by atoms with Gasteiger partial charge in [0, 0.05) is 18.7 Å². The first-order valence-corrected chi connectivity index (χ1v) is 11.1. The van der Waals surface area contributed by atoms with Crippen molar-refractivity contribution in [1.82, 2.24) is 4.31 Å². The average Bonchev–Trinajstić information content (AvgIpc) is 2.79. The van der Waals surface area contributed by atoms with Crippen molar-refractivity contribution in [3.63, 3.8) is 0 Å². The lowest BCUT2D eigenvalue weighted by Crippen LogP contribution is -2.36. The van der Waals surface area contributed by atoms with E-state index in [1.165, 1.54) is 40.7 Å². The van der Waals surface area contributed by atoms with Gasteiger partial charge in [-0.2, -0.15) is 4.31 Å². The molecule has 7 nitrogen and oxygen atoms in total. The number of fused-ring (bicyclic) bond motifs is 1. The molecule has 3 aromatic rings. The molecule has 0 saturated heterocycles. The number of aromatic carboxylic acids is 1. The Morgan fingerprint density at radius 2 is 1.61 bits per heavy atom. The summed E-state index contributed by atoms with van der Waals surface area (Å²) in [6, 6.07) is 19.5. The number of amides is 1. The van der Waals surface area contributed by atoms with Crippen molar-refractivity contribution in [1.29, 1.82) is 0 Å². The monoisotopic (exact) mass is 436 g/mol. The molecular weight excluding hydrogens is 416 g/mol. The van der Waals surface area contributed by atoms with E-state index < -0.39 is 21.9 Å². The van der Waals surface area contributed by atoms with Crippen molar-refractivity contribution < 1.29 is 23.1 Å². The number of carbonyl (C=O) groups is 2. The number of benzene rings is 3. The summed E-state index contributed by atoms with van der Waals surface area (Å²) in [6.07, 6.45) is 0.627. The van der Waals surface area contributed by atoms with Gasteiger partial charge in [0.15, 0.2) is 0 Å². The second-order valence-corrected chi connectivity index (χ2v) is 9.13. The van der Waals surface area contributed by atoms with E-state index >= 15 is 0 Å². The van der Waals surface area contributed by atoms with Crippen LogP contribution < -0.4 is 5.32 Å². The molecule has 0 unspecified atom stereocenters. The number of rotatable bonds is 5. The van der Waals surface area contributed by atoms with Crippen molar-refractivity contribution in [3.05, 3.63) is 95.1 Å². The van der Waals surface area contributed by atoms with Crippen LogP contribution in [-0.4, -0.2) is 36.3 Å². The van der Waals surface area contributed by atoms with Gasteiger partial charge in [0.05, 0.1) is 16.1 Å². The summed E-state index contributed by atoms with van der Waals surface area (Å²) in [4.78, 5) is 24.1. The highest BCUT2D eigenvalue weighted by molar-refractivity contribution is 7.89. The maximum atomic E-state index is 13.2. The molecule has 0 aliphatic carbocycles. The van der Waals surface area contributed by atoms with E-state index in [0.29, 0.717) is 13.0 Å². The lowest BCUT2D eigenvalue weighted by molar-refractivity contribution is 0.0698. The Morgan fingerprint density at radius 1 is 0.903 bits per heavy atom. The Morgan fingerprint density at radius 3 is 2.39 bits per heavy atom. The SMILES string of the molecule is O=C(Nc1ccccc1C(=O)O)c1cccc(S(=O)(=O)N2CCc3ccccc3C2)c1. The minimum atomic E-state index is -3.80. The molecule has 0 aromatic heterocycles. The Kier molecular flexibility index (Phi) is 5.58. The van der Waals surface area contributed by atoms with E-state index in [0.717, 1.165) is 11.1 Å². The Balaban J connectivity index is 1.58. The van der Waals surface area contributed by atoms with Crippen LogP contribution in [0, 0.1) is 0 Å². The number of nitrogens with one attached hydrogen (secondary N) is 1. The first-order valence-electron chi connectivity index (χ1n) is 9.67. The number of hydrogen-bond donors (Lipinski definition) is 2. The third kappa shape index (κ3) is 4.21. The van der Waals surface area contributed by atoms with Crippen LogP contribution >= 0.6 is 0 Å². The largest absolute Gasteiger partial charge is 0.478 e. The van der Waals surface area contributed by atoms with Crippen LogP contribution in [0.4, 0.5) is 5.69 Å². The molecule has 1 amide bonds. The van der Waals surface area contributed by atoms with Gasteiger partial charge in [-0.25, -0.2) is 13.2 Å². The third-order valence-electron chi connectivity index (χ3n) is 5.24. The molecule has 8 heteroatoms. The van der Waals surface area contributed by atoms with Crippen molar-refractivity contribution in [2.24, 2.45) is 0 Å². The van der Waals surface area contributed by atoms with Gasteiger partial charge in [0.25, 0.3) is 5.91 Å². The van der Waals surface area contributed by atoms with E-state index in [9.17, 15) is 23.1 Å². The number of carboxylic acid groups (broad SMARTS) is 1. The molecule has 0 saturated carbocycles. The molecule has 0 bridgehead atoms. The Bertz CT molecular complexity index is 1270. The molecule has 4 rings (SSSR count). The second-order valence-electron chi connectivity index (χ2n) is 7.19. The number of anilines is 1. The van der Waals surface area contributed by atoms with Crippen LogP contribution in [0.2, 0.25) is 0 Å². The van der Waals surface area contributed by atoms with E-state index in [1.807, 2.05) is 24.3 Å². The summed E-state index contributed by atoms with van der Waals surface area (Å²) in [5.74, 6) is -1.76. The van der Waals surface area contributed by atoms with Crippen LogP contribution in [0.15, 0.2) is 77.7 Å². The molecule has 1 aliphatic heterocycles. The van der Waals surface area contributed by atoms with Gasteiger partial charge in [-0.1, -0.05) is 42.5 Å². The number of carbonyl (C=O) groups excluding carboxylic acids is 1. The minimum Gasteiger partial charge on any atom is -0.478 e. The molecule has 3 aromatic carbocycles. The van der Waals surface area contributed by atoms with Crippen LogP contribution in [-0.2, 0) is 23.0 Å². The lowest BCUT2D eigenvalue weighted by atomic mass is 10.0. The number of carboxylic acids is 1. The number of sulfonamides is 1. The highest BCUT2D eigenvalue weighted by Gasteiger charge is 2.28. The van der Waals surface area contributed by atoms with Gasteiger partial charge >= 0.3 is 5.97 Å². The summed E-state index contributed by atoms with van der Waals surface area (Å²) in [5, 5.41) is 11.8. The topological polar surface area (TPSA) is 104 Å². The lowest BCUT2D eigenvalue weighted by Gasteiger charge is -2.28. The van der Waals surface area contributed by atoms with Gasteiger partial charge in [-0.15, -0.1) is 0 Å². The van der Waals surface area contributed by atoms with Crippen LogP contribution in [0.25, 0.3) is 0 Å². The normalized spacial score (nSPS) is 13.9. The summed E-state index contributed by atoms with van der Waals surface area (Å²) in [6.45, 7) is 0.642. The van der Waals surface area contributed by atoms with Gasteiger partial charge in [-0.05, 0) is 47.9 Å². The molecule has 0 radical (unpaired) electrons. The van der Waals surface area contributed by atoms with Crippen molar-refractivity contribution >= 4 is 27.6 Å². The Labute approximate surface area is 180 Å². The zero-order valence-corrected chi connectivity index (χ0v) is 17.3. The van der Waals surface area contributed by atoms with Crippen molar-refractivity contribution in [2.75, 3.05) is 11.9 Å². The predicted octanol–water partition coefficient (Wildman–Crippen LogP) is 3.38. The fraction of sp³-hybridized carbons (Fsp3) is 0.130. The molecule has 0 atom stereocenters. The molecule has 1 heterocycles. The smallest absolute Gasteiger partial charge is 0.337 e. The first kappa shape index (κ1) is 20.8. The standard InChI is InChI=1S/C23H20N2O5S/c26-22(24-21-11-4-3-10-20(21)23(27)28)17-8-5-9-19(14-17)31(29,30)25-13-12-16-6-1-2-7-18(16)15-25/h1-11,14H,12-13,15H2,(H,24,26)(H,27,28). The number of nitrogens with zero attached hydrogens (tertiary/aromatic N) is 1. The van der Waals surface area contributed by atoms with E-state index in [1.54, 1.807) is 12.1 Å². The molecule has 31 heavy (non-hydrogen) atoms. The summed E-state index contributed by atoms with van der Waals surface area (Å²) in [7, 11) is -3.80. The van der Waals surface area contributed by atoms with Crippen LogP contribution in [0.5, 0.6) is 0 Å². The predicted molar refractivity (Wildman–Crippen MR) is 116 cm³/mol. The fourth-order valence-corrected chi connectivity index (χ4v) is 5.06. The van der Waals surface area contributed by atoms with Gasteiger partial charge in [0.1, 0.15) is 0 Å². The third-order valence-corrected chi connectivity index (χ3v) is 7.08. The van der Waals surface area contributed by atoms with E-state index in [-0.39, 0.29) is 28.3 Å². The number of hydrogen-bond acceptors (Lipinski definition) is 4. The van der Waals surface area contributed by atoms with E-state index in [2.05, 4.69) is 5.32 Å². The minimum absolute atomic E-state index is 0.0195. The quantitative estimate of drug-likeness (QED) is 0.638. The number of para-hydroxylation sites is 1. The summed E-state index contributed by atoms with van der Waals surface area (Å²) < 4.78 is 27.8. The second kappa shape index (κ2) is 8.33. The van der Waals surface area contributed by atoms with Crippen molar-refractivity contribution in [2.45, 2.75) is 17.9 Å². The summed E-state index contributed by atoms with van der Waals surface area (Å²) >= 11 is 0. The first-order chi connectivity index (χ1) is 14.9. The average molecular weight is 436 g/mol. The van der Waals surface area contributed by atoms with E-state index in [4.69, 9.17) is 0 Å². The maximum Gasteiger partial charge on any atom is 0.337 e. The zero-order chi connectivity index (χ0) is 22.0. The van der Waals surface area contributed by atoms with Crippen LogP contribution in [0.1, 0.15) is 31.8 Å². The molecule has 0 fully saturated rings. The van der Waals surface area contributed by atoms with Gasteiger partial charge < -0.3 is 10.4 Å². The van der Waals surface area contributed by atoms with Gasteiger partial charge in [0.2, 0.25) is 10.0 Å². The molecule has 1 aliphatic rings. The van der Waals surface area contributed by atoms with Crippen molar-refractivity contribution in [3.8, 4) is 0 Å². The molecule has 0 spiro atoms.